The van der Waals surface area contributed by atoms with Crippen LogP contribution in [0.4, 0.5) is 11.4 Å². The maximum atomic E-state index is 12.2. The summed E-state index contributed by atoms with van der Waals surface area (Å²) in [6, 6.07) is 13.1. The lowest BCUT2D eigenvalue weighted by atomic mass is 10.1. The van der Waals surface area contributed by atoms with Gasteiger partial charge in [0.05, 0.1) is 11.4 Å². The second-order valence-electron chi connectivity index (χ2n) is 6.51. The van der Waals surface area contributed by atoms with Gasteiger partial charge in [0.2, 0.25) is 5.91 Å². The number of thiocarbonyl (C=S) groups is 1. The van der Waals surface area contributed by atoms with Crippen LogP contribution >= 0.6 is 35.4 Å². The van der Waals surface area contributed by atoms with E-state index in [4.69, 9.17) is 35.4 Å². The molecule has 4 nitrogen and oxygen atoms in total. The van der Waals surface area contributed by atoms with Crippen molar-refractivity contribution in [1.29, 1.82) is 0 Å². The van der Waals surface area contributed by atoms with Crippen molar-refractivity contribution in [3.05, 3.63) is 64.1 Å². The molecule has 2 aromatic rings. The summed E-state index contributed by atoms with van der Waals surface area (Å²) in [7, 11) is 0. The molecule has 0 bridgehead atoms. The van der Waals surface area contributed by atoms with Gasteiger partial charge in [0.1, 0.15) is 0 Å². The number of anilines is 2. The van der Waals surface area contributed by atoms with Crippen molar-refractivity contribution in [2.45, 2.75) is 19.3 Å². The number of hydrogen-bond acceptors (Lipinski definition) is 3. The van der Waals surface area contributed by atoms with Crippen molar-refractivity contribution < 1.29 is 4.79 Å². The van der Waals surface area contributed by atoms with Crippen molar-refractivity contribution in [1.82, 2.24) is 5.32 Å². The lowest BCUT2D eigenvalue weighted by Gasteiger charge is -2.30. The quantitative estimate of drug-likeness (QED) is 0.492. The minimum atomic E-state index is -0.334. The Morgan fingerprint density at radius 3 is 2.57 bits per heavy atom. The summed E-state index contributed by atoms with van der Waals surface area (Å²) in [6.07, 6.45) is 6.66. The molecule has 1 aliphatic rings. The van der Waals surface area contributed by atoms with Crippen LogP contribution in [0.15, 0.2) is 48.5 Å². The summed E-state index contributed by atoms with van der Waals surface area (Å²) >= 11 is 17.3. The fourth-order valence-electron chi connectivity index (χ4n) is 3.10. The largest absolute Gasteiger partial charge is 0.370 e. The molecule has 0 unspecified atom stereocenters. The van der Waals surface area contributed by atoms with Crippen molar-refractivity contribution in [3.8, 4) is 0 Å². The van der Waals surface area contributed by atoms with Gasteiger partial charge < -0.3 is 10.2 Å². The number of piperidine rings is 1. The summed E-state index contributed by atoms with van der Waals surface area (Å²) < 4.78 is 0. The Morgan fingerprint density at radius 2 is 1.82 bits per heavy atom. The van der Waals surface area contributed by atoms with Gasteiger partial charge in [-0.3, -0.25) is 10.1 Å². The number of nitrogens with zero attached hydrogens (tertiary/aromatic N) is 1. The van der Waals surface area contributed by atoms with Crippen molar-refractivity contribution >= 4 is 63.9 Å². The molecule has 0 spiro atoms. The van der Waals surface area contributed by atoms with Gasteiger partial charge in [-0.25, -0.2) is 0 Å². The topological polar surface area (TPSA) is 44.4 Å². The Bertz CT molecular complexity index is 895. The van der Waals surface area contributed by atoms with E-state index in [1.54, 1.807) is 24.3 Å². The van der Waals surface area contributed by atoms with Crippen LogP contribution < -0.4 is 15.5 Å². The Hall–Kier alpha value is -2.08. The van der Waals surface area contributed by atoms with Crippen LogP contribution in [0.5, 0.6) is 0 Å². The molecule has 1 saturated heterocycles. The number of halogens is 2. The first-order valence-electron chi connectivity index (χ1n) is 9.12. The van der Waals surface area contributed by atoms with Crippen LogP contribution in [-0.4, -0.2) is 24.1 Å². The SMILES string of the molecule is O=C(/C=C/c1ccc(Cl)cc1Cl)NC(=S)Nc1ccccc1N1CCCCC1. The molecular weight excluding hydrogens is 413 g/mol. The van der Waals surface area contributed by atoms with E-state index in [1.165, 1.54) is 25.3 Å². The molecule has 0 aliphatic carbocycles. The fourth-order valence-corrected chi connectivity index (χ4v) is 3.78. The summed E-state index contributed by atoms with van der Waals surface area (Å²) in [5.74, 6) is -0.334. The van der Waals surface area contributed by atoms with E-state index in [1.807, 2.05) is 18.2 Å². The third-order valence-electron chi connectivity index (χ3n) is 4.46. The Kier molecular flexibility index (Phi) is 7.31. The van der Waals surface area contributed by atoms with Gasteiger partial charge in [-0.15, -0.1) is 0 Å². The van der Waals surface area contributed by atoms with Gasteiger partial charge in [-0.1, -0.05) is 41.4 Å². The third kappa shape index (κ3) is 5.71. The minimum absolute atomic E-state index is 0.251. The molecule has 1 aliphatic heterocycles. The number of carbonyl (C=O) groups excluding carboxylic acids is 1. The number of para-hydroxylation sites is 2. The molecule has 7 heteroatoms. The maximum Gasteiger partial charge on any atom is 0.250 e. The molecule has 0 atom stereocenters. The number of nitrogens with one attached hydrogen (secondary N) is 2. The molecule has 1 heterocycles. The predicted octanol–water partition coefficient (Wildman–Crippen LogP) is 5.51. The molecule has 1 amide bonds. The van der Waals surface area contributed by atoms with Crippen LogP contribution in [0, 0.1) is 0 Å². The minimum Gasteiger partial charge on any atom is -0.370 e. The molecule has 28 heavy (non-hydrogen) atoms. The van der Waals surface area contributed by atoms with E-state index < -0.39 is 0 Å². The summed E-state index contributed by atoms with van der Waals surface area (Å²) in [5, 5.41) is 7.08. The number of benzene rings is 2. The Morgan fingerprint density at radius 1 is 1.07 bits per heavy atom. The summed E-state index contributed by atoms with van der Waals surface area (Å²) in [5.41, 5.74) is 2.69. The van der Waals surface area contributed by atoms with E-state index >= 15 is 0 Å². The molecule has 0 aromatic heterocycles. The van der Waals surface area contributed by atoms with Gasteiger partial charge in [0.25, 0.3) is 0 Å². The van der Waals surface area contributed by atoms with E-state index in [9.17, 15) is 4.79 Å². The molecule has 3 rings (SSSR count). The first kappa shape index (κ1) is 20.6. The number of carbonyl (C=O) groups is 1. The molecule has 0 radical (unpaired) electrons. The zero-order valence-electron chi connectivity index (χ0n) is 15.3. The van der Waals surface area contributed by atoms with Crippen LogP contribution in [0.25, 0.3) is 6.08 Å². The normalized spacial score (nSPS) is 14.1. The summed E-state index contributed by atoms with van der Waals surface area (Å²) in [4.78, 5) is 14.5. The zero-order chi connectivity index (χ0) is 19.9. The van der Waals surface area contributed by atoms with E-state index in [-0.39, 0.29) is 11.0 Å². The number of rotatable bonds is 4. The Balaban J connectivity index is 1.61. The lowest BCUT2D eigenvalue weighted by molar-refractivity contribution is -0.115. The second-order valence-corrected chi connectivity index (χ2v) is 7.76. The van der Waals surface area contributed by atoms with E-state index in [0.29, 0.717) is 15.6 Å². The average molecular weight is 434 g/mol. The highest BCUT2D eigenvalue weighted by Crippen LogP contribution is 2.28. The van der Waals surface area contributed by atoms with Crippen molar-refractivity contribution in [3.63, 3.8) is 0 Å². The van der Waals surface area contributed by atoms with Crippen molar-refractivity contribution in [2.24, 2.45) is 0 Å². The van der Waals surface area contributed by atoms with Gasteiger partial charge >= 0.3 is 0 Å². The molecule has 146 valence electrons. The standard InChI is InChI=1S/C21H21Cl2N3OS/c22-16-10-8-15(17(23)14-16)9-11-20(27)25-21(28)24-18-6-2-3-7-19(18)26-12-4-1-5-13-26/h2-3,6-11,14H,1,4-5,12-13H2,(H2,24,25,27,28)/b11-9+. The molecule has 0 saturated carbocycles. The van der Waals surface area contributed by atoms with E-state index in [0.717, 1.165) is 24.5 Å². The van der Waals surface area contributed by atoms with Crippen LogP contribution in [0.3, 0.4) is 0 Å². The van der Waals surface area contributed by atoms with Gasteiger partial charge in [-0.2, -0.15) is 0 Å². The fraction of sp³-hybridized carbons (Fsp3) is 0.238. The second kappa shape index (κ2) is 9.92. The zero-order valence-corrected chi connectivity index (χ0v) is 17.6. The van der Waals surface area contributed by atoms with Crippen molar-refractivity contribution in [2.75, 3.05) is 23.3 Å². The molecular formula is C21H21Cl2N3OS. The highest BCUT2D eigenvalue weighted by Gasteiger charge is 2.15. The van der Waals surface area contributed by atoms with E-state index in [2.05, 4.69) is 21.6 Å². The summed E-state index contributed by atoms with van der Waals surface area (Å²) in [6.45, 7) is 2.06. The number of amides is 1. The highest BCUT2D eigenvalue weighted by atomic mass is 35.5. The average Bonchev–Trinajstić information content (AvgIpc) is 2.68. The van der Waals surface area contributed by atoms with Crippen LogP contribution in [-0.2, 0) is 4.79 Å². The first-order valence-corrected chi connectivity index (χ1v) is 10.3. The molecule has 2 aromatic carbocycles. The first-order chi connectivity index (χ1) is 13.5. The lowest BCUT2D eigenvalue weighted by Crippen LogP contribution is -2.34. The van der Waals surface area contributed by atoms with Crippen LogP contribution in [0.1, 0.15) is 24.8 Å². The predicted molar refractivity (Wildman–Crippen MR) is 122 cm³/mol. The smallest absolute Gasteiger partial charge is 0.250 e. The van der Waals surface area contributed by atoms with Gasteiger partial charge in [0.15, 0.2) is 5.11 Å². The third-order valence-corrected chi connectivity index (χ3v) is 5.23. The molecule has 2 N–H and O–H groups in total. The molecule has 1 fully saturated rings. The maximum absolute atomic E-state index is 12.2. The number of hydrogen-bond donors (Lipinski definition) is 2. The van der Waals surface area contributed by atoms with Gasteiger partial charge in [0, 0.05) is 29.2 Å². The van der Waals surface area contributed by atoms with Crippen LogP contribution in [0.2, 0.25) is 10.0 Å². The monoisotopic (exact) mass is 433 g/mol. The highest BCUT2D eigenvalue weighted by molar-refractivity contribution is 7.80. The van der Waals surface area contributed by atoms with Gasteiger partial charge in [-0.05, 0) is 67.4 Å². The Labute approximate surface area is 180 Å².